The van der Waals surface area contributed by atoms with Gasteiger partial charge >= 0.3 is 0 Å². The Morgan fingerprint density at radius 3 is 2.71 bits per heavy atom. The summed E-state index contributed by atoms with van der Waals surface area (Å²) >= 11 is 0. The zero-order valence-electron chi connectivity index (χ0n) is 10.9. The topological polar surface area (TPSA) is 15.3 Å². The Labute approximate surface area is 104 Å². The molecule has 96 valence electrons. The molecule has 0 atom stereocenters. The smallest absolute Gasteiger partial charge is 0.125 e. The van der Waals surface area contributed by atoms with Crippen molar-refractivity contribution in [3.63, 3.8) is 0 Å². The van der Waals surface area contributed by atoms with E-state index in [0.717, 1.165) is 38.3 Å². The Kier molecular flexibility index (Phi) is 6.63. The Morgan fingerprint density at radius 1 is 1.24 bits per heavy atom. The fourth-order valence-electron chi connectivity index (χ4n) is 1.87. The van der Waals surface area contributed by atoms with Crippen LogP contribution >= 0.6 is 0 Å². The number of hydrogen-bond donors (Lipinski definition) is 1. The van der Waals surface area contributed by atoms with Gasteiger partial charge in [-0.2, -0.15) is 0 Å². The van der Waals surface area contributed by atoms with Crippen molar-refractivity contribution >= 4 is 5.69 Å². The van der Waals surface area contributed by atoms with Gasteiger partial charge in [-0.3, -0.25) is 0 Å². The van der Waals surface area contributed by atoms with E-state index in [1.54, 1.807) is 12.1 Å². The maximum Gasteiger partial charge on any atom is 0.125 e. The van der Waals surface area contributed by atoms with E-state index in [0.29, 0.717) is 0 Å². The first kappa shape index (κ1) is 14.0. The maximum absolute atomic E-state index is 13.1. The van der Waals surface area contributed by atoms with E-state index in [-0.39, 0.29) is 5.82 Å². The number of anilines is 1. The van der Waals surface area contributed by atoms with E-state index < -0.39 is 0 Å². The molecular formula is C14H23FN2. The molecule has 0 radical (unpaired) electrons. The van der Waals surface area contributed by atoms with E-state index in [9.17, 15) is 4.39 Å². The van der Waals surface area contributed by atoms with Crippen LogP contribution in [-0.4, -0.2) is 26.2 Å². The number of nitrogens with zero attached hydrogens (tertiary/aromatic N) is 1. The van der Waals surface area contributed by atoms with Crippen molar-refractivity contribution in [3.8, 4) is 0 Å². The zero-order valence-corrected chi connectivity index (χ0v) is 10.9. The van der Waals surface area contributed by atoms with Crippen LogP contribution in [0.5, 0.6) is 0 Å². The third kappa shape index (κ3) is 5.18. The van der Waals surface area contributed by atoms with Crippen LogP contribution in [0.25, 0.3) is 0 Å². The van der Waals surface area contributed by atoms with E-state index in [2.05, 4.69) is 24.1 Å². The van der Waals surface area contributed by atoms with Gasteiger partial charge < -0.3 is 10.2 Å². The largest absolute Gasteiger partial charge is 0.372 e. The van der Waals surface area contributed by atoms with Crippen LogP contribution in [0.4, 0.5) is 10.1 Å². The van der Waals surface area contributed by atoms with Gasteiger partial charge in [0.25, 0.3) is 0 Å². The number of unbranched alkanes of at least 4 members (excludes halogenated alkanes) is 1. The van der Waals surface area contributed by atoms with E-state index in [1.165, 1.54) is 12.5 Å². The third-order valence-electron chi connectivity index (χ3n) is 2.84. The third-order valence-corrected chi connectivity index (χ3v) is 2.84. The first-order valence-corrected chi connectivity index (χ1v) is 6.49. The van der Waals surface area contributed by atoms with Gasteiger partial charge in [0.15, 0.2) is 0 Å². The summed E-state index contributed by atoms with van der Waals surface area (Å²) in [6.07, 6.45) is 2.30. The highest BCUT2D eigenvalue weighted by atomic mass is 19.1. The lowest BCUT2D eigenvalue weighted by atomic mass is 10.2. The lowest BCUT2D eigenvalue weighted by Gasteiger charge is -2.23. The Balaban J connectivity index is 2.38. The maximum atomic E-state index is 13.1. The molecule has 0 saturated heterocycles. The number of rotatable bonds is 8. The Morgan fingerprint density at radius 2 is 2.06 bits per heavy atom. The summed E-state index contributed by atoms with van der Waals surface area (Å²) in [5.41, 5.74) is 0.982. The molecule has 0 fully saturated rings. The molecule has 0 amide bonds. The second-order valence-electron chi connectivity index (χ2n) is 4.12. The molecule has 0 unspecified atom stereocenters. The summed E-state index contributed by atoms with van der Waals surface area (Å²) < 4.78 is 13.1. The number of hydrogen-bond acceptors (Lipinski definition) is 2. The molecule has 0 saturated carbocycles. The van der Waals surface area contributed by atoms with Crippen LogP contribution in [0.2, 0.25) is 0 Å². The van der Waals surface area contributed by atoms with Crippen molar-refractivity contribution in [3.05, 3.63) is 30.1 Å². The van der Waals surface area contributed by atoms with E-state index >= 15 is 0 Å². The highest BCUT2D eigenvalue weighted by Crippen LogP contribution is 2.15. The minimum Gasteiger partial charge on any atom is -0.372 e. The van der Waals surface area contributed by atoms with Crippen LogP contribution in [0.1, 0.15) is 26.7 Å². The molecule has 0 aliphatic carbocycles. The molecular weight excluding hydrogens is 215 g/mol. The summed E-state index contributed by atoms with van der Waals surface area (Å²) in [6.45, 7) is 8.23. The summed E-state index contributed by atoms with van der Waals surface area (Å²) in [5, 5.41) is 3.31. The fourth-order valence-corrected chi connectivity index (χ4v) is 1.87. The zero-order chi connectivity index (χ0) is 12.5. The lowest BCUT2D eigenvalue weighted by molar-refractivity contribution is 0.619. The quantitative estimate of drug-likeness (QED) is 0.700. The van der Waals surface area contributed by atoms with Crippen molar-refractivity contribution < 1.29 is 4.39 Å². The first-order valence-electron chi connectivity index (χ1n) is 6.49. The lowest BCUT2D eigenvalue weighted by Crippen LogP contribution is -2.25. The van der Waals surface area contributed by atoms with Gasteiger partial charge in [-0.15, -0.1) is 0 Å². The highest BCUT2D eigenvalue weighted by Gasteiger charge is 2.04. The summed E-state index contributed by atoms with van der Waals surface area (Å²) in [5.74, 6) is -0.159. The minimum absolute atomic E-state index is 0.159. The molecule has 0 aliphatic rings. The van der Waals surface area contributed by atoms with Gasteiger partial charge in [-0.25, -0.2) is 4.39 Å². The van der Waals surface area contributed by atoms with Gasteiger partial charge in [0.1, 0.15) is 5.82 Å². The molecule has 1 aromatic rings. The normalized spacial score (nSPS) is 10.5. The molecule has 0 bridgehead atoms. The minimum atomic E-state index is -0.159. The van der Waals surface area contributed by atoms with Crippen LogP contribution in [0.3, 0.4) is 0 Å². The number of nitrogens with one attached hydrogen (secondary N) is 1. The Hall–Kier alpha value is -1.09. The van der Waals surface area contributed by atoms with Crippen molar-refractivity contribution in [1.29, 1.82) is 0 Å². The van der Waals surface area contributed by atoms with Crippen LogP contribution in [-0.2, 0) is 0 Å². The Bertz CT molecular complexity index is 315. The number of halogens is 1. The molecule has 3 heteroatoms. The molecule has 17 heavy (non-hydrogen) atoms. The van der Waals surface area contributed by atoms with E-state index in [1.807, 2.05) is 6.07 Å². The molecule has 2 nitrogen and oxygen atoms in total. The fraction of sp³-hybridized carbons (Fsp3) is 0.571. The average Bonchev–Trinajstić information content (AvgIpc) is 2.34. The van der Waals surface area contributed by atoms with Crippen LogP contribution in [0, 0.1) is 5.82 Å². The van der Waals surface area contributed by atoms with Gasteiger partial charge in [0, 0.05) is 18.8 Å². The van der Waals surface area contributed by atoms with Crippen LogP contribution < -0.4 is 10.2 Å². The van der Waals surface area contributed by atoms with Gasteiger partial charge in [0.2, 0.25) is 0 Å². The van der Waals surface area contributed by atoms with Gasteiger partial charge in [-0.1, -0.05) is 13.0 Å². The summed E-state index contributed by atoms with van der Waals surface area (Å²) in [6, 6.07) is 6.83. The molecule has 1 rings (SSSR count). The number of benzene rings is 1. The molecule has 0 heterocycles. The summed E-state index contributed by atoms with van der Waals surface area (Å²) in [7, 11) is 0. The molecule has 0 spiro atoms. The van der Waals surface area contributed by atoms with Gasteiger partial charge in [-0.05, 0) is 51.1 Å². The second-order valence-corrected chi connectivity index (χ2v) is 4.12. The van der Waals surface area contributed by atoms with Crippen LogP contribution in [0.15, 0.2) is 24.3 Å². The predicted molar refractivity (Wildman–Crippen MR) is 72.1 cm³/mol. The molecule has 1 N–H and O–H groups in total. The standard InChI is InChI=1S/C14H23FN2/c1-3-16-10-5-6-11-17(4-2)14-9-7-8-13(15)12-14/h7-9,12,16H,3-6,10-11H2,1-2H3. The second kappa shape index (κ2) is 8.07. The van der Waals surface area contributed by atoms with Gasteiger partial charge in [0.05, 0.1) is 0 Å². The average molecular weight is 238 g/mol. The van der Waals surface area contributed by atoms with Crippen molar-refractivity contribution in [2.45, 2.75) is 26.7 Å². The molecule has 0 aliphatic heterocycles. The van der Waals surface area contributed by atoms with Crippen molar-refractivity contribution in [2.75, 3.05) is 31.1 Å². The van der Waals surface area contributed by atoms with Crippen molar-refractivity contribution in [1.82, 2.24) is 5.32 Å². The monoisotopic (exact) mass is 238 g/mol. The molecule has 1 aromatic carbocycles. The highest BCUT2D eigenvalue weighted by molar-refractivity contribution is 5.46. The summed E-state index contributed by atoms with van der Waals surface area (Å²) in [4.78, 5) is 2.22. The predicted octanol–water partition coefficient (Wildman–Crippen LogP) is 3.04. The molecule has 0 aromatic heterocycles. The van der Waals surface area contributed by atoms with E-state index in [4.69, 9.17) is 0 Å². The SMILES string of the molecule is CCNCCCCN(CC)c1cccc(F)c1. The van der Waals surface area contributed by atoms with Crippen molar-refractivity contribution in [2.24, 2.45) is 0 Å². The first-order chi connectivity index (χ1) is 8.27.